The molecule has 7 heteroatoms. The van der Waals surface area contributed by atoms with Gasteiger partial charge in [0.25, 0.3) is 0 Å². The first kappa shape index (κ1) is 20.4. The van der Waals surface area contributed by atoms with Gasteiger partial charge >= 0.3 is 0 Å². The van der Waals surface area contributed by atoms with Crippen molar-refractivity contribution in [3.63, 3.8) is 0 Å². The van der Waals surface area contributed by atoms with Crippen molar-refractivity contribution in [2.24, 2.45) is 4.99 Å². The Balaban J connectivity index is 2.32. The van der Waals surface area contributed by atoms with Crippen molar-refractivity contribution in [1.82, 2.24) is 15.4 Å². The molecule has 1 atom stereocenters. The smallest absolute Gasteiger partial charge is 0.240 e. The van der Waals surface area contributed by atoms with Gasteiger partial charge in [0, 0.05) is 26.2 Å². The molecule has 0 saturated heterocycles. The highest BCUT2D eigenvalue weighted by atomic mass is 32.2. The molecule has 0 aliphatic heterocycles. The topological polar surface area (TPSA) is 82.6 Å². The monoisotopic (exact) mass is 354 g/mol. The van der Waals surface area contributed by atoms with Gasteiger partial charge in [0.05, 0.1) is 4.90 Å². The Morgan fingerprint density at radius 1 is 1.17 bits per heavy atom. The van der Waals surface area contributed by atoms with E-state index in [9.17, 15) is 8.42 Å². The van der Waals surface area contributed by atoms with Gasteiger partial charge in [-0.05, 0) is 25.5 Å². The van der Waals surface area contributed by atoms with Crippen molar-refractivity contribution < 1.29 is 8.42 Å². The maximum atomic E-state index is 12.1. The lowest BCUT2D eigenvalue weighted by Crippen LogP contribution is -2.44. The number of benzene rings is 1. The molecule has 3 N–H and O–H groups in total. The zero-order chi connectivity index (χ0) is 17.8. The minimum absolute atomic E-state index is 0.275. The number of sulfonamides is 1. The van der Waals surface area contributed by atoms with Gasteiger partial charge in [-0.2, -0.15) is 0 Å². The van der Waals surface area contributed by atoms with Crippen LogP contribution in [0.4, 0.5) is 0 Å². The van der Waals surface area contributed by atoms with E-state index in [1.54, 1.807) is 37.4 Å². The molecule has 0 radical (unpaired) electrons. The van der Waals surface area contributed by atoms with Gasteiger partial charge in [0.1, 0.15) is 0 Å². The average molecular weight is 355 g/mol. The van der Waals surface area contributed by atoms with Crippen molar-refractivity contribution in [2.75, 3.05) is 20.1 Å². The molecule has 0 aliphatic rings. The standard InChI is InChI=1S/C17H30N4O2S/c1-4-5-7-10-15(2)21-17(18-3)19-13-14-20-24(22,23)16-11-8-6-9-12-16/h6,8-9,11-12,15,20H,4-5,7,10,13-14H2,1-3H3,(H2,18,19,21). The second-order valence-corrected chi connectivity index (χ2v) is 7.52. The van der Waals surface area contributed by atoms with Gasteiger partial charge in [0.2, 0.25) is 10.0 Å². The summed E-state index contributed by atoms with van der Waals surface area (Å²) in [6, 6.07) is 8.70. The number of guanidine groups is 1. The summed E-state index contributed by atoms with van der Waals surface area (Å²) in [5, 5.41) is 6.44. The zero-order valence-corrected chi connectivity index (χ0v) is 15.7. The van der Waals surface area contributed by atoms with E-state index in [2.05, 4.69) is 34.2 Å². The van der Waals surface area contributed by atoms with Crippen LogP contribution in [0, 0.1) is 0 Å². The van der Waals surface area contributed by atoms with E-state index in [0.717, 1.165) is 6.42 Å². The van der Waals surface area contributed by atoms with Gasteiger partial charge in [-0.3, -0.25) is 4.99 Å². The fraction of sp³-hybridized carbons (Fsp3) is 0.588. The summed E-state index contributed by atoms with van der Waals surface area (Å²) < 4.78 is 26.7. The van der Waals surface area contributed by atoms with Crippen LogP contribution < -0.4 is 15.4 Å². The van der Waals surface area contributed by atoms with E-state index in [0.29, 0.717) is 25.1 Å². The molecule has 0 heterocycles. The van der Waals surface area contributed by atoms with Crippen LogP contribution in [0.5, 0.6) is 0 Å². The van der Waals surface area contributed by atoms with E-state index in [1.165, 1.54) is 19.3 Å². The Morgan fingerprint density at radius 2 is 1.88 bits per heavy atom. The van der Waals surface area contributed by atoms with Crippen molar-refractivity contribution in [2.45, 2.75) is 50.5 Å². The number of nitrogens with zero attached hydrogens (tertiary/aromatic N) is 1. The Morgan fingerprint density at radius 3 is 2.50 bits per heavy atom. The molecule has 1 rings (SSSR count). The van der Waals surface area contributed by atoms with Crippen LogP contribution in [0.3, 0.4) is 0 Å². The van der Waals surface area contributed by atoms with Crippen molar-refractivity contribution in [1.29, 1.82) is 0 Å². The second-order valence-electron chi connectivity index (χ2n) is 5.75. The lowest BCUT2D eigenvalue weighted by atomic mass is 10.1. The summed E-state index contributed by atoms with van der Waals surface area (Å²) in [4.78, 5) is 4.44. The van der Waals surface area contributed by atoms with Crippen LogP contribution >= 0.6 is 0 Å². The number of unbranched alkanes of at least 4 members (excludes halogenated alkanes) is 2. The molecular formula is C17H30N4O2S. The lowest BCUT2D eigenvalue weighted by Gasteiger charge is -2.18. The first-order chi connectivity index (χ1) is 11.5. The Hall–Kier alpha value is -1.60. The second kappa shape index (κ2) is 11.0. The highest BCUT2D eigenvalue weighted by Crippen LogP contribution is 2.06. The summed E-state index contributed by atoms with van der Waals surface area (Å²) in [5.74, 6) is 0.693. The molecule has 0 aromatic heterocycles. The first-order valence-electron chi connectivity index (χ1n) is 8.51. The SMILES string of the molecule is CCCCCC(C)NC(=NC)NCCNS(=O)(=O)c1ccccc1. The van der Waals surface area contributed by atoms with Crippen LogP contribution in [-0.4, -0.2) is 40.6 Å². The highest BCUT2D eigenvalue weighted by molar-refractivity contribution is 7.89. The number of hydrogen-bond acceptors (Lipinski definition) is 3. The largest absolute Gasteiger partial charge is 0.355 e. The molecule has 1 unspecified atom stereocenters. The molecule has 0 bridgehead atoms. The van der Waals surface area contributed by atoms with Crippen LogP contribution in [0.1, 0.15) is 39.5 Å². The third-order valence-corrected chi connectivity index (χ3v) is 5.09. The summed E-state index contributed by atoms with van der Waals surface area (Å²) in [7, 11) is -1.74. The van der Waals surface area contributed by atoms with Gasteiger partial charge in [-0.25, -0.2) is 13.1 Å². The molecule has 1 aromatic carbocycles. The fourth-order valence-electron chi connectivity index (χ4n) is 2.25. The maximum absolute atomic E-state index is 12.1. The van der Waals surface area contributed by atoms with Crippen molar-refractivity contribution >= 4 is 16.0 Å². The first-order valence-corrected chi connectivity index (χ1v) is 9.99. The van der Waals surface area contributed by atoms with E-state index in [1.807, 2.05) is 0 Å². The lowest BCUT2D eigenvalue weighted by molar-refractivity contribution is 0.546. The van der Waals surface area contributed by atoms with Crippen molar-refractivity contribution in [3.05, 3.63) is 30.3 Å². The zero-order valence-electron chi connectivity index (χ0n) is 14.9. The van der Waals surface area contributed by atoms with Crippen LogP contribution in [0.15, 0.2) is 40.2 Å². The molecule has 0 aliphatic carbocycles. The maximum Gasteiger partial charge on any atom is 0.240 e. The molecule has 0 amide bonds. The summed E-state index contributed by atoms with van der Waals surface area (Å²) in [6.45, 7) is 5.07. The molecule has 6 nitrogen and oxygen atoms in total. The van der Waals surface area contributed by atoms with Crippen LogP contribution in [-0.2, 0) is 10.0 Å². The van der Waals surface area contributed by atoms with E-state index >= 15 is 0 Å². The third-order valence-electron chi connectivity index (χ3n) is 3.61. The number of aliphatic imine (C=N–C) groups is 1. The number of rotatable bonds is 10. The minimum atomic E-state index is -3.45. The molecule has 0 saturated carbocycles. The Kier molecular flexibility index (Phi) is 9.41. The van der Waals surface area contributed by atoms with Crippen molar-refractivity contribution in [3.8, 4) is 0 Å². The van der Waals surface area contributed by atoms with E-state index < -0.39 is 10.0 Å². The molecule has 1 aromatic rings. The Labute approximate surface area is 146 Å². The van der Waals surface area contributed by atoms with Crippen LogP contribution in [0.2, 0.25) is 0 Å². The molecule has 136 valence electrons. The highest BCUT2D eigenvalue weighted by Gasteiger charge is 2.12. The molecule has 24 heavy (non-hydrogen) atoms. The summed E-state index contributed by atoms with van der Waals surface area (Å²) >= 11 is 0. The molecular weight excluding hydrogens is 324 g/mol. The van der Waals surface area contributed by atoms with E-state index in [4.69, 9.17) is 0 Å². The molecule has 0 fully saturated rings. The number of hydrogen-bond donors (Lipinski definition) is 3. The number of nitrogens with one attached hydrogen (secondary N) is 3. The van der Waals surface area contributed by atoms with Gasteiger partial charge in [-0.15, -0.1) is 0 Å². The predicted octanol–water partition coefficient (Wildman–Crippen LogP) is 2.10. The third kappa shape index (κ3) is 7.79. The Bertz CT molecular complexity index is 588. The quantitative estimate of drug-likeness (QED) is 0.341. The van der Waals surface area contributed by atoms with Gasteiger partial charge in [0.15, 0.2) is 5.96 Å². The average Bonchev–Trinajstić information content (AvgIpc) is 2.58. The fourth-order valence-corrected chi connectivity index (χ4v) is 3.30. The molecule has 0 spiro atoms. The summed E-state index contributed by atoms with van der Waals surface area (Å²) in [6.07, 6.45) is 4.73. The van der Waals surface area contributed by atoms with E-state index in [-0.39, 0.29) is 4.90 Å². The van der Waals surface area contributed by atoms with Gasteiger partial charge in [-0.1, -0.05) is 44.4 Å². The minimum Gasteiger partial charge on any atom is -0.355 e. The van der Waals surface area contributed by atoms with Crippen LogP contribution in [0.25, 0.3) is 0 Å². The normalized spacial score (nSPS) is 13.5. The summed E-state index contributed by atoms with van der Waals surface area (Å²) in [5.41, 5.74) is 0. The van der Waals surface area contributed by atoms with Gasteiger partial charge < -0.3 is 10.6 Å². The predicted molar refractivity (Wildman–Crippen MR) is 99.7 cm³/mol.